The second-order valence-corrected chi connectivity index (χ2v) is 17.5. The van der Waals surface area contributed by atoms with Crippen LogP contribution >= 0.6 is 0 Å². The van der Waals surface area contributed by atoms with Crippen molar-refractivity contribution < 1.29 is 23.9 Å². The number of likely N-dealkylation sites (tertiary alicyclic amines) is 1. The van der Waals surface area contributed by atoms with Crippen LogP contribution < -0.4 is 15.5 Å². The minimum Gasteiger partial charge on any atom is -0.453 e. The van der Waals surface area contributed by atoms with E-state index in [-0.39, 0.29) is 53.1 Å². The molecule has 3 fully saturated rings. The van der Waals surface area contributed by atoms with Crippen molar-refractivity contribution in [3.63, 3.8) is 0 Å². The van der Waals surface area contributed by atoms with Gasteiger partial charge in [0.25, 0.3) is 5.91 Å². The second-order valence-electron chi connectivity index (χ2n) is 17.5. The number of H-pyrrole nitrogens is 1. The lowest BCUT2D eigenvalue weighted by atomic mass is 10.0. The van der Waals surface area contributed by atoms with Gasteiger partial charge in [-0.05, 0) is 86.1 Å². The number of rotatable bonds is 11. The molecule has 2 saturated heterocycles. The SMILES string of the molecule is COC(=O)N[C@H](C(=O)N1C[C@@H](N(C)C)C[C@H]1c1ncc(-c2ccc(-c3ccc(C(=O)Nc4ccc(N5CCN(C(=O)C6CC6(C)C)C[C@H]5C)nc4)cc3)cc2)[nH]1)C(C)C. The number of ether oxygens (including phenoxy) is 1. The zero-order valence-corrected chi connectivity index (χ0v) is 35.4. The monoisotopic (exact) mass is 803 g/mol. The summed E-state index contributed by atoms with van der Waals surface area (Å²) in [6.45, 7) is 12.8. The fourth-order valence-corrected chi connectivity index (χ4v) is 8.32. The van der Waals surface area contributed by atoms with Crippen molar-refractivity contribution in [2.45, 2.75) is 71.6 Å². The topological polar surface area (TPSA) is 156 Å². The van der Waals surface area contributed by atoms with E-state index in [0.29, 0.717) is 43.1 Å². The molecular weight excluding hydrogens is 747 g/mol. The maximum absolute atomic E-state index is 13.9. The van der Waals surface area contributed by atoms with E-state index in [1.54, 1.807) is 12.4 Å². The van der Waals surface area contributed by atoms with Gasteiger partial charge in [-0.2, -0.15) is 0 Å². The number of hydrogen-bond donors (Lipinski definition) is 3. The number of benzene rings is 2. The van der Waals surface area contributed by atoms with Crippen LogP contribution in [0.3, 0.4) is 0 Å². The van der Waals surface area contributed by atoms with E-state index in [1.807, 2.05) is 98.4 Å². The summed E-state index contributed by atoms with van der Waals surface area (Å²) in [4.78, 5) is 73.1. The number of carbonyl (C=O) groups excluding carboxylic acids is 4. The molecule has 4 amide bonds. The van der Waals surface area contributed by atoms with Crippen LogP contribution in [0.25, 0.3) is 22.4 Å². The highest BCUT2D eigenvalue weighted by atomic mass is 16.5. The number of methoxy groups -OCH3 is 1. The van der Waals surface area contributed by atoms with E-state index >= 15 is 0 Å². The van der Waals surface area contributed by atoms with Gasteiger partial charge in [0.2, 0.25) is 11.8 Å². The fourth-order valence-electron chi connectivity index (χ4n) is 8.32. The van der Waals surface area contributed by atoms with Crippen LogP contribution in [-0.2, 0) is 14.3 Å². The Labute approximate surface area is 346 Å². The van der Waals surface area contributed by atoms with Crippen LogP contribution in [-0.4, -0.2) is 119 Å². The first-order valence-corrected chi connectivity index (χ1v) is 20.5. The quantitative estimate of drug-likeness (QED) is 0.164. The molecule has 4 heterocycles. The van der Waals surface area contributed by atoms with E-state index in [0.717, 1.165) is 41.2 Å². The number of pyridine rings is 1. The highest BCUT2D eigenvalue weighted by Crippen LogP contribution is 2.52. The van der Waals surface area contributed by atoms with Gasteiger partial charge in [0.15, 0.2) is 0 Å². The highest BCUT2D eigenvalue weighted by Gasteiger charge is 2.52. The van der Waals surface area contributed by atoms with Gasteiger partial charge in [-0.3, -0.25) is 14.4 Å². The Morgan fingerprint density at radius 2 is 1.56 bits per heavy atom. The molecule has 1 aliphatic carbocycles. The summed E-state index contributed by atoms with van der Waals surface area (Å²) in [7, 11) is 5.29. The van der Waals surface area contributed by atoms with E-state index in [1.165, 1.54) is 7.11 Å². The van der Waals surface area contributed by atoms with Crippen molar-refractivity contribution in [3.8, 4) is 22.4 Å². The van der Waals surface area contributed by atoms with Crippen molar-refractivity contribution in [1.82, 2.24) is 35.0 Å². The minimum absolute atomic E-state index is 0.123. The van der Waals surface area contributed by atoms with Crippen LogP contribution in [0.4, 0.5) is 16.3 Å². The van der Waals surface area contributed by atoms with E-state index in [9.17, 15) is 19.2 Å². The number of amides is 4. The summed E-state index contributed by atoms with van der Waals surface area (Å²) in [5.74, 6) is 1.41. The predicted molar refractivity (Wildman–Crippen MR) is 228 cm³/mol. The van der Waals surface area contributed by atoms with Crippen LogP contribution in [0.15, 0.2) is 73.1 Å². The van der Waals surface area contributed by atoms with E-state index in [4.69, 9.17) is 9.72 Å². The molecule has 7 rings (SSSR count). The van der Waals surface area contributed by atoms with Crippen molar-refractivity contribution in [2.24, 2.45) is 17.3 Å². The minimum atomic E-state index is -0.729. The Morgan fingerprint density at radius 1 is 0.898 bits per heavy atom. The maximum atomic E-state index is 13.9. The molecule has 14 heteroatoms. The maximum Gasteiger partial charge on any atom is 0.407 e. The molecule has 14 nitrogen and oxygen atoms in total. The van der Waals surface area contributed by atoms with Crippen LogP contribution in [0.5, 0.6) is 0 Å². The number of anilines is 2. The normalized spacial score (nSPS) is 21.7. The summed E-state index contributed by atoms with van der Waals surface area (Å²) in [6, 6.07) is 18.6. The number of aromatic nitrogens is 3. The standard InChI is InChI=1S/C45H57N9O5/c1-27(2)39(50-44(58)59-8)43(57)54-26-34(51(6)7)21-37(54)40-47-24-36(49-40)31-13-9-29(10-14-31)30-11-15-32(16-12-30)41(55)48-33-17-18-38(46-23-33)53-20-19-52(25-28(53)3)42(56)35-22-45(35,4)5/h9-18,23-24,27-28,34-35,37,39H,19-22,25-26H2,1-8H3,(H,47,49)(H,48,55)(H,50,58)/t28-,34+,35?,37+,39+/m1/s1. The molecule has 2 aromatic carbocycles. The average molecular weight is 804 g/mol. The van der Waals surface area contributed by atoms with Gasteiger partial charge in [-0.15, -0.1) is 0 Å². The third-order valence-corrected chi connectivity index (χ3v) is 12.3. The molecule has 2 aromatic heterocycles. The predicted octanol–water partition coefficient (Wildman–Crippen LogP) is 6.06. The Kier molecular flexibility index (Phi) is 11.8. The average Bonchev–Trinajstić information content (AvgIpc) is 3.55. The van der Waals surface area contributed by atoms with E-state index < -0.39 is 12.1 Å². The number of alkyl carbamates (subject to hydrolysis) is 1. The number of carbonyl (C=O) groups is 4. The van der Waals surface area contributed by atoms with Gasteiger partial charge in [-0.1, -0.05) is 64.1 Å². The Bertz CT molecular complexity index is 2150. The lowest BCUT2D eigenvalue weighted by Crippen LogP contribution is -2.54. The summed E-state index contributed by atoms with van der Waals surface area (Å²) >= 11 is 0. The number of aromatic amines is 1. The number of imidazole rings is 1. The molecule has 2 aliphatic heterocycles. The molecule has 0 bridgehead atoms. The lowest BCUT2D eigenvalue weighted by molar-refractivity contribution is -0.136. The Balaban J connectivity index is 0.953. The van der Waals surface area contributed by atoms with Crippen molar-refractivity contribution >= 4 is 35.3 Å². The molecule has 312 valence electrons. The first kappa shape index (κ1) is 41.4. The first-order valence-electron chi connectivity index (χ1n) is 20.5. The highest BCUT2D eigenvalue weighted by molar-refractivity contribution is 6.04. The summed E-state index contributed by atoms with van der Waals surface area (Å²) < 4.78 is 4.80. The lowest BCUT2D eigenvalue weighted by Gasteiger charge is -2.41. The third-order valence-electron chi connectivity index (χ3n) is 12.3. The van der Waals surface area contributed by atoms with Crippen molar-refractivity contribution in [2.75, 3.05) is 57.6 Å². The molecule has 1 saturated carbocycles. The van der Waals surface area contributed by atoms with Gasteiger partial charge in [-0.25, -0.2) is 14.8 Å². The van der Waals surface area contributed by atoms with Gasteiger partial charge in [0.1, 0.15) is 17.7 Å². The fraction of sp³-hybridized carbons (Fsp3) is 0.467. The molecule has 5 atom stereocenters. The zero-order chi connectivity index (χ0) is 42.2. The molecule has 59 heavy (non-hydrogen) atoms. The van der Waals surface area contributed by atoms with Gasteiger partial charge in [0.05, 0.1) is 36.9 Å². The molecule has 3 aliphatic rings. The third kappa shape index (κ3) is 8.97. The number of piperazine rings is 1. The Morgan fingerprint density at radius 3 is 2.14 bits per heavy atom. The number of nitrogens with zero attached hydrogens (tertiary/aromatic N) is 6. The molecule has 4 aromatic rings. The van der Waals surface area contributed by atoms with Crippen molar-refractivity contribution in [1.29, 1.82) is 0 Å². The van der Waals surface area contributed by atoms with Gasteiger partial charge < -0.3 is 40.0 Å². The number of nitrogens with one attached hydrogen (secondary N) is 3. The number of hydrogen-bond acceptors (Lipinski definition) is 9. The summed E-state index contributed by atoms with van der Waals surface area (Å²) in [6.07, 6.45) is 4.50. The number of likely N-dealkylation sites (N-methyl/N-ethyl adjacent to an activating group) is 1. The van der Waals surface area contributed by atoms with Gasteiger partial charge in [0, 0.05) is 49.7 Å². The van der Waals surface area contributed by atoms with Crippen molar-refractivity contribution in [3.05, 3.63) is 84.4 Å². The zero-order valence-electron chi connectivity index (χ0n) is 35.4. The largest absolute Gasteiger partial charge is 0.453 e. The smallest absolute Gasteiger partial charge is 0.407 e. The molecule has 0 spiro atoms. The summed E-state index contributed by atoms with van der Waals surface area (Å²) in [5, 5.41) is 5.68. The molecule has 1 unspecified atom stereocenters. The van der Waals surface area contributed by atoms with Crippen LogP contribution in [0.2, 0.25) is 0 Å². The Hall–Kier alpha value is -5.76. The van der Waals surface area contributed by atoms with E-state index in [2.05, 4.69) is 51.2 Å². The molecule has 0 radical (unpaired) electrons. The van der Waals surface area contributed by atoms with Crippen LogP contribution in [0, 0.1) is 17.3 Å². The first-order chi connectivity index (χ1) is 28.1. The van der Waals surface area contributed by atoms with Gasteiger partial charge >= 0.3 is 6.09 Å². The summed E-state index contributed by atoms with van der Waals surface area (Å²) in [5.41, 5.74) is 5.00. The second kappa shape index (κ2) is 16.8. The van der Waals surface area contributed by atoms with Crippen LogP contribution in [0.1, 0.15) is 69.7 Å². The molecular formula is C45H57N9O5. The molecule has 3 N–H and O–H groups in total.